The number of nitrogens with zero attached hydrogens (tertiary/aromatic N) is 3. The first-order chi connectivity index (χ1) is 16.5. The Morgan fingerprint density at radius 1 is 1.21 bits per heavy atom. The topological polar surface area (TPSA) is 100 Å². The molecule has 1 aromatic heterocycles. The minimum Gasteiger partial charge on any atom is -0.352 e. The van der Waals surface area contributed by atoms with Crippen molar-refractivity contribution >= 4 is 29.1 Å². The Hall–Kier alpha value is -3.23. The number of rotatable bonds is 8. The second-order valence-corrected chi connectivity index (χ2v) is 8.82. The molecule has 2 heterocycles. The van der Waals surface area contributed by atoms with Crippen molar-refractivity contribution in [2.24, 2.45) is 5.92 Å². The third-order valence-corrected chi connectivity index (χ3v) is 5.99. The molecule has 178 valence electrons. The van der Waals surface area contributed by atoms with Crippen molar-refractivity contribution in [3.63, 3.8) is 0 Å². The van der Waals surface area contributed by atoms with E-state index in [9.17, 15) is 9.59 Å². The van der Waals surface area contributed by atoms with Crippen molar-refractivity contribution in [2.45, 2.75) is 32.7 Å². The van der Waals surface area contributed by atoms with E-state index < -0.39 is 0 Å². The molecule has 1 aliphatic rings. The molecule has 3 aromatic rings. The molecular weight excluding hydrogens is 454 g/mol. The van der Waals surface area contributed by atoms with Gasteiger partial charge in [-0.1, -0.05) is 47.9 Å². The minimum absolute atomic E-state index is 0.0920. The van der Waals surface area contributed by atoms with E-state index >= 15 is 0 Å². The number of aromatic nitrogens is 2. The van der Waals surface area contributed by atoms with E-state index in [4.69, 9.17) is 16.1 Å². The highest BCUT2D eigenvalue weighted by Crippen LogP contribution is 2.24. The zero-order valence-electron chi connectivity index (χ0n) is 19.1. The molecule has 0 bridgehead atoms. The summed E-state index contributed by atoms with van der Waals surface area (Å²) in [6.45, 7) is 4.47. The van der Waals surface area contributed by atoms with Gasteiger partial charge in [0.25, 0.3) is 5.91 Å². The molecule has 2 N–H and O–H groups in total. The highest BCUT2D eigenvalue weighted by molar-refractivity contribution is 6.30. The third-order valence-electron chi connectivity index (χ3n) is 5.75. The van der Waals surface area contributed by atoms with Gasteiger partial charge in [-0.05, 0) is 50.1 Å². The lowest BCUT2D eigenvalue weighted by Crippen LogP contribution is -2.40. The Morgan fingerprint density at radius 2 is 2.06 bits per heavy atom. The van der Waals surface area contributed by atoms with Crippen LogP contribution in [0.25, 0.3) is 11.4 Å². The van der Waals surface area contributed by atoms with Crippen LogP contribution < -0.4 is 10.6 Å². The van der Waals surface area contributed by atoms with Crippen molar-refractivity contribution in [1.82, 2.24) is 20.4 Å². The molecule has 8 nitrogen and oxygen atoms in total. The van der Waals surface area contributed by atoms with Crippen LogP contribution >= 0.6 is 11.6 Å². The predicted octanol–water partition coefficient (Wildman–Crippen LogP) is 4.38. The van der Waals surface area contributed by atoms with Crippen LogP contribution in [0.15, 0.2) is 53.1 Å². The Balaban J connectivity index is 1.37. The Bertz CT molecular complexity index is 1150. The van der Waals surface area contributed by atoms with E-state index in [1.54, 1.807) is 30.3 Å². The number of benzene rings is 2. The van der Waals surface area contributed by atoms with E-state index in [-0.39, 0.29) is 17.7 Å². The van der Waals surface area contributed by atoms with Crippen LogP contribution in [0.1, 0.15) is 42.4 Å². The lowest BCUT2D eigenvalue weighted by molar-refractivity contribution is -0.121. The molecule has 2 aromatic carbocycles. The predicted molar refractivity (Wildman–Crippen MR) is 130 cm³/mol. The summed E-state index contributed by atoms with van der Waals surface area (Å²) in [6.07, 6.45) is 2.51. The number of amides is 2. The van der Waals surface area contributed by atoms with Crippen molar-refractivity contribution in [2.75, 3.05) is 25.0 Å². The summed E-state index contributed by atoms with van der Waals surface area (Å²) in [5, 5.41) is 10.5. The SMILES string of the molecule is CCCNC(=O)c1ccccc1NC(=O)C1CCCN(Cc2nc(-c3cccc(Cl)c3)no2)C1. The van der Waals surface area contributed by atoms with Gasteiger partial charge >= 0.3 is 0 Å². The lowest BCUT2D eigenvalue weighted by atomic mass is 9.96. The van der Waals surface area contributed by atoms with Crippen molar-refractivity contribution in [3.8, 4) is 11.4 Å². The molecule has 0 radical (unpaired) electrons. The fourth-order valence-corrected chi connectivity index (χ4v) is 4.22. The molecule has 1 fully saturated rings. The van der Waals surface area contributed by atoms with Crippen LogP contribution in [0, 0.1) is 5.92 Å². The van der Waals surface area contributed by atoms with Gasteiger partial charge in [0.2, 0.25) is 17.6 Å². The number of anilines is 1. The first-order valence-corrected chi connectivity index (χ1v) is 11.9. The van der Waals surface area contributed by atoms with Crippen LogP contribution in [-0.2, 0) is 11.3 Å². The number of hydrogen-bond donors (Lipinski definition) is 2. The number of halogens is 1. The number of para-hydroxylation sites is 1. The average Bonchev–Trinajstić information content (AvgIpc) is 3.31. The number of carbonyl (C=O) groups excluding carboxylic acids is 2. The molecule has 1 saturated heterocycles. The van der Waals surface area contributed by atoms with E-state index in [0.717, 1.165) is 31.4 Å². The van der Waals surface area contributed by atoms with Gasteiger partial charge in [-0.2, -0.15) is 4.98 Å². The van der Waals surface area contributed by atoms with Gasteiger partial charge in [-0.25, -0.2) is 0 Å². The molecule has 2 amide bonds. The monoisotopic (exact) mass is 481 g/mol. The number of likely N-dealkylation sites (tertiary alicyclic amines) is 1. The van der Waals surface area contributed by atoms with Crippen LogP contribution in [0.4, 0.5) is 5.69 Å². The van der Waals surface area contributed by atoms with Crippen LogP contribution in [-0.4, -0.2) is 46.5 Å². The summed E-state index contributed by atoms with van der Waals surface area (Å²) in [5.41, 5.74) is 1.79. The Morgan fingerprint density at radius 3 is 2.88 bits per heavy atom. The van der Waals surface area contributed by atoms with E-state index in [0.29, 0.717) is 47.6 Å². The maximum absolute atomic E-state index is 13.0. The molecule has 0 spiro atoms. The van der Waals surface area contributed by atoms with Crippen LogP contribution in [0.5, 0.6) is 0 Å². The smallest absolute Gasteiger partial charge is 0.253 e. The van der Waals surface area contributed by atoms with Crippen molar-refractivity contribution < 1.29 is 14.1 Å². The fraction of sp³-hybridized carbons (Fsp3) is 0.360. The summed E-state index contributed by atoms with van der Waals surface area (Å²) in [7, 11) is 0. The number of carbonyl (C=O) groups is 2. The normalized spacial score (nSPS) is 16.2. The van der Waals surface area contributed by atoms with Crippen molar-refractivity contribution in [3.05, 3.63) is 65.0 Å². The maximum Gasteiger partial charge on any atom is 0.253 e. The van der Waals surface area contributed by atoms with Gasteiger partial charge in [0.1, 0.15) is 0 Å². The summed E-state index contributed by atoms with van der Waals surface area (Å²) < 4.78 is 5.44. The zero-order chi connectivity index (χ0) is 23.9. The second kappa shape index (κ2) is 11.3. The Labute approximate surface area is 203 Å². The van der Waals surface area contributed by atoms with Crippen LogP contribution in [0.2, 0.25) is 5.02 Å². The van der Waals surface area contributed by atoms with Crippen LogP contribution in [0.3, 0.4) is 0 Å². The molecule has 1 atom stereocenters. The van der Waals surface area contributed by atoms with Gasteiger partial charge in [0, 0.05) is 23.7 Å². The van der Waals surface area contributed by atoms with Gasteiger partial charge in [-0.3, -0.25) is 14.5 Å². The molecular formula is C25H28ClN5O3. The standard InChI is InChI=1S/C25H28ClN5O3/c1-2-12-27-25(33)20-10-3-4-11-21(20)28-24(32)18-8-6-13-31(15-18)16-22-29-23(30-34-22)17-7-5-9-19(26)14-17/h3-5,7,9-11,14,18H,2,6,8,12-13,15-16H2,1H3,(H,27,33)(H,28,32). The molecule has 0 aliphatic carbocycles. The Kier molecular flexibility index (Phi) is 7.92. The maximum atomic E-state index is 13.0. The van der Waals surface area contributed by atoms with Crippen molar-refractivity contribution in [1.29, 1.82) is 0 Å². The first kappa shape index (κ1) is 23.9. The summed E-state index contributed by atoms with van der Waals surface area (Å²) in [4.78, 5) is 32.1. The third kappa shape index (κ3) is 6.01. The minimum atomic E-state index is -0.198. The molecule has 1 aliphatic heterocycles. The molecule has 4 rings (SSSR count). The quantitative estimate of drug-likeness (QED) is 0.495. The molecule has 34 heavy (non-hydrogen) atoms. The first-order valence-electron chi connectivity index (χ1n) is 11.5. The number of piperidine rings is 1. The van der Waals surface area contributed by atoms with Gasteiger partial charge < -0.3 is 15.2 Å². The van der Waals surface area contributed by atoms with Gasteiger partial charge in [0.05, 0.1) is 23.7 Å². The summed E-state index contributed by atoms with van der Waals surface area (Å²) in [5.74, 6) is 0.507. The zero-order valence-corrected chi connectivity index (χ0v) is 19.8. The highest BCUT2D eigenvalue weighted by Gasteiger charge is 2.28. The second-order valence-electron chi connectivity index (χ2n) is 8.39. The molecule has 0 saturated carbocycles. The van der Waals surface area contributed by atoms with E-state index in [1.807, 2.05) is 25.1 Å². The van der Waals surface area contributed by atoms with Gasteiger partial charge in [-0.15, -0.1) is 0 Å². The summed E-state index contributed by atoms with van der Waals surface area (Å²) in [6, 6.07) is 14.4. The molecule has 9 heteroatoms. The number of nitrogens with one attached hydrogen (secondary N) is 2. The fourth-order valence-electron chi connectivity index (χ4n) is 4.03. The van der Waals surface area contributed by atoms with Gasteiger partial charge in [0.15, 0.2) is 0 Å². The van der Waals surface area contributed by atoms with E-state index in [2.05, 4.69) is 25.7 Å². The lowest BCUT2D eigenvalue weighted by Gasteiger charge is -2.31. The highest BCUT2D eigenvalue weighted by atomic mass is 35.5. The number of hydrogen-bond acceptors (Lipinski definition) is 6. The largest absolute Gasteiger partial charge is 0.352 e. The molecule has 1 unspecified atom stereocenters. The average molecular weight is 482 g/mol. The van der Waals surface area contributed by atoms with E-state index in [1.165, 1.54) is 0 Å². The summed E-state index contributed by atoms with van der Waals surface area (Å²) >= 11 is 6.06.